The molecule has 108 valence electrons. The maximum absolute atomic E-state index is 12.1. The number of piperidine rings is 1. The minimum absolute atomic E-state index is 0. The standard InChI is InChI=1S/C15H19N3O.ClH/c1-10-7-12-8-13(4-5-14(12)17-10)18-15(19)11-3-2-6-16-9-11;/h4-5,7-8,11,16-17H,2-3,6,9H2,1H3,(H,18,19);1H. The van der Waals surface area contributed by atoms with Crippen molar-refractivity contribution in [2.24, 2.45) is 5.92 Å². The van der Waals surface area contributed by atoms with E-state index in [-0.39, 0.29) is 24.2 Å². The minimum Gasteiger partial charge on any atom is -0.359 e. The van der Waals surface area contributed by atoms with Crippen LogP contribution in [0, 0.1) is 12.8 Å². The largest absolute Gasteiger partial charge is 0.359 e. The molecule has 3 rings (SSSR count). The smallest absolute Gasteiger partial charge is 0.228 e. The summed E-state index contributed by atoms with van der Waals surface area (Å²) in [6.45, 7) is 3.85. The summed E-state index contributed by atoms with van der Waals surface area (Å²) in [7, 11) is 0. The zero-order chi connectivity index (χ0) is 13.2. The molecule has 3 N–H and O–H groups in total. The van der Waals surface area contributed by atoms with Crippen LogP contribution in [0.2, 0.25) is 0 Å². The second kappa shape index (κ2) is 6.29. The summed E-state index contributed by atoms with van der Waals surface area (Å²) in [4.78, 5) is 15.4. The van der Waals surface area contributed by atoms with Gasteiger partial charge in [0, 0.05) is 28.8 Å². The fourth-order valence-corrected chi connectivity index (χ4v) is 2.68. The molecule has 0 spiro atoms. The predicted molar refractivity (Wildman–Crippen MR) is 84.5 cm³/mol. The van der Waals surface area contributed by atoms with Crippen LogP contribution in [0.25, 0.3) is 10.9 Å². The Labute approximate surface area is 124 Å². The lowest BCUT2D eigenvalue weighted by molar-refractivity contribution is -0.120. The molecule has 1 aromatic carbocycles. The number of aromatic amines is 1. The van der Waals surface area contributed by atoms with E-state index in [1.165, 1.54) is 0 Å². The molecule has 0 bridgehead atoms. The first-order valence-electron chi connectivity index (χ1n) is 6.83. The molecule has 2 heterocycles. The van der Waals surface area contributed by atoms with Crippen molar-refractivity contribution in [2.75, 3.05) is 18.4 Å². The second-order valence-electron chi connectivity index (χ2n) is 5.29. The van der Waals surface area contributed by atoms with Gasteiger partial charge in [0.15, 0.2) is 0 Å². The Balaban J connectivity index is 0.00000147. The molecular formula is C15H20ClN3O. The van der Waals surface area contributed by atoms with E-state index in [4.69, 9.17) is 0 Å². The second-order valence-corrected chi connectivity index (χ2v) is 5.29. The van der Waals surface area contributed by atoms with Gasteiger partial charge in [0.05, 0.1) is 5.92 Å². The summed E-state index contributed by atoms with van der Waals surface area (Å²) in [5.41, 5.74) is 3.12. The van der Waals surface area contributed by atoms with Crippen LogP contribution in [0.1, 0.15) is 18.5 Å². The maximum Gasteiger partial charge on any atom is 0.228 e. The molecule has 1 aliphatic rings. The van der Waals surface area contributed by atoms with Gasteiger partial charge in [-0.1, -0.05) is 0 Å². The van der Waals surface area contributed by atoms with Crippen LogP contribution in [-0.4, -0.2) is 24.0 Å². The Morgan fingerprint density at radius 3 is 2.95 bits per heavy atom. The van der Waals surface area contributed by atoms with Gasteiger partial charge in [-0.15, -0.1) is 12.4 Å². The number of benzene rings is 1. The van der Waals surface area contributed by atoms with Crippen LogP contribution in [-0.2, 0) is 4.79 Å². The van der Waals surface area contributed by atoms with E-state index in [0.29, 0.717) is 0 Å². The lowest BCUT2D eigenvalue weighted by Gasteiger charge is -2.21. The van der Waals surface area contributed by atoms with Crippen LogP contribution < -0.4 is 10.6 Å². The third-order valence-corrected chi connectivity index (χ3v) is 3.69. The molecule has 1 saturated heterocycles. The van der Waals surface area contributed by atoms with Gasteiger partial charge >= 0.3 is 0 Å². The third kappa shape index (κ3) is 3.14. The molecule has 4 nitrogen and oxygen atoms in total. The third-order valence-electron chi connectivity index (χ3n) is 3.69. The van der Waals surface area contributed by atoms with Crippen molar-refractivity contribution < 1.29 is 4.79 Å². The number of fused-ring (bicyclic) bond motifs is 1. The van der Waals surface area contributed by atoms with Gasteiger partial charge in [0.1, 0.15) is 0 Å². The maximum atomic E-state index is 12.1. The van der Waals surface area contributed by atoms with E-state index < -0.39 is 0 Å². The normalized spacial score (nSPS) is 18.6. The van der Waals surface area contributed by atoms with Crippen molar-refractivity contribution >= 4 is 34.9 Å². The molecule has 20 heavy (non-hydrogen) atoms. The predicted octanol–water partition coefficient (Wildman–Crippen LogP) is 2.84. The molecule has 1 fully saturated rings. The average molecular weight is 294 g/mol. The van der Waals surface area contributed by atoms with Crippen LogP contribution >= 0.6 is 12.4 Å². The molecular weight excluding hydrogens is 274 g/mol. The number of nitrogens with one attached hydrogen (secondary N) is 3. The van der Waals surface area contributed by atoms with E-state index in [1.807, 2.05) is 25.1 Å². The van der Waals surface area contributed by atoms with Crippen molar-refractivity contribution in [1.29, 1.82) is 0 Å². The molecule has 5 heteroatoms. The number of halogens is 1. The molecule has 0 aliphatic carbocycles. The minimum atomic E-state index is 0. The molecule has 1 amide bonds. The number of aryl methyl sites for hydroxylation is 1. The Hall–Kier alpha value is -1.52. The molecule has 1 atom stereocenters. The highest BCUT2D eigenvalue weighted by atomic mass is 35.5. The first kappa shape index (κ1) is 14.9. The average Bonchev–Trinajstić information content (AvgIpc) is 2.79. The molecule has 0 radical (unpaired) electrons. The number of rotatable bonds is 2. The van der Waals surface area contributed by atoms with Gasteiger partial charge in [-0.3, -0.25) is 4.79 Å². The number of aromatic nitrogens is 1. The lowest BCUT2D eigenvalue weighted by Crippen LogP contribution is -2.37. The Kier molecular flexibility index (Phi) is 4.68. The van der Waals surface area contributed by atoms with Crippen molar-refractivity contribution in [3.05, 3.63) is 30.0 Å². The van der Waals surface area contributed by atoms with Crippen molar-refractivity contribution in [3.63, 3.8) is 0 Å². The van der Waals surface area contributed by atoms with E-state index in [2.05, 4.69) is 21.7 Å². The van der Waals surface area contributed by atoms with E-state index in [1.54, 1.807) is 0 Å². The van der Waals surface area contributed by atoms with Gasteiger partial charge in [-0.05, 0) is 50.6 Å². The monoisotopic (exact) mass is 293 g/mol. The Morgan fingerprint density at radius 2 is 2.20 bits per heavy atom. The number of hydrogen-bond acceptors (Lipinski definition) is 2. The zero-order valence-corrected chi connectivity index (χ0v) is 12.3. The van der Waals surface area contributed by atoms with Gasteiger partial charge in [-0.25, -0.2) is 0 Å². The molecule has 1 aliphatic heterocycles. The fraction of sp³-hybridized carbons (Fsp3) is 0.400. The van der Waals surface area contributed by atoms with Gasteiger partial charge in [-0.2, -0.15) is 0 Å². The molecule has 1 aromatic heterocycles. The number of carbonyl (C=O) groups excluding carboxylic acids is 1. The number of carbonyl (C=O) groups is 1. The topological polar surface area (TPSA) is 56.9 Å². The quantitative estimate of drug-likeness (QED) is 0.797. The van der Waals surface area contributed by atoms with Gasteiger partial charge < -0.3 is 15.6 Å². The Morgan fingerprint density at radius 1 is 1.35 bits per heavy atom. The first-order valence-corrected chi connectivity index (χ1v) is 6.83. The van der Waals surface area contributed by atoms with E-state index >= 15 is 0 Å². The highest BCUT2D eigenvalue weighted by molar-refractivity contribution is 5.95. The van der Waals surface area contributed by atoms with Crippen molar-refractivity contribution in [3.8, 4) is 0 Å². The number of hydrogen-bond donors (Lipinski definition) is 3. The van der Waals surface area contributed by atoms with E-state index in [9.17, 15) is 4.79 Å². The molecule has 2 aromatic rings. The van der Waals surface area contributed by atoms with Crippen molar-refractivity contribution in [2.45, 2.75) is 19.8 Å². The fourth-order valence-electron chi connectivity index (χ4n) is 2.68. The summed E-state index contributed by atoms with van der Waals surface area (Å²) in [5, 5.41) is 7.43. The summed E-state index contributed by atoms with van der Waals surface area (Å²) in [5.74, 6) is 0.219. The van der Waals surface area contributed by atoms with Gasteiger partial charge in [0.25, 0.3) is 0 Å². The summed E-state index contributed by atoms with van der Waals surface area (Å²) < 4.78 is 0. The number of H-pyrrole nitrogens is 1. The number of anilines is 1. The highest BCUT2D eigenvalue weighted by Gasteiger charge is 2.20. The van der Waals surface area contributed by atoms with Crippen LogP contribution in [0.5, 0.6) is 0 Å². The zero-order valence-electron chi connectivity index (χ0n) is 11.5. The summed E-state index contributed by atoms with van der Waals surface area (Å²) >= 11 is 0. The Bertz CT molecular complexity index is 602. The van der Waals surface area contributed by atoms with Crippen molar-refractivity contribution in [1.82, 2.24) is 10.3 Å². The summed E-state index contributed by atoms with van der Waals surface area (Å²) in [6, 6.07) is 8.07. The number of amides is 1. The lowest BCUT2D eigenvalue weighted by atomic mass is 9.99. The van der Waals surface area contributed by atoms with Crippen LogP contribution in [0.15, 0.2) is 24.3 Å². The van der Waals surface area contributed by atoms with E-state index in [0.717, 1.165) is 48.2 Å². The van der Waals surface area contributed by atoms with Crippen LogP contribution in [0.3, 0.4) is 0 Å². The highest BCUT2D eigenvalue weighted by Crippen LogP contribution is 2.21. The first-order chi connectivity index (χ1) is 9.22. The molecule has 1 unspecified atom stereocenters. The van der Waals surface area contributed by atoms with Gasteiger partial charge in [0.2, 0.25) is 5.91 Å². The molecule has 0 saturated carbocycles. The summed E-state index contributed by atoms with van der Waals surface area (Å²) in [6.07, 6.45) is 2.05. The SMILES string of the molecule is Cc1cc2cc(NC(=O)C3CCCNC3)ccc2[nH]1.Cl. The van der Waals surface area contributed by atoms with Crippen LogP contribution in [0.4, 0.5) is 5.69 Å².